The Bertz CT molecular complexity index is 668. The van der Waals surface area contributed by atoms with E-state index in [0.29, 0.717) is 29.4 Å². The van der Waals surface area contributed by atoms with Crippen molar-refractivity contribution in [1.29, 1.82) is 0 Å². The van der Waals surface area contributed by atoms with Crippen LogP contribution in [-0.2, 0) is 13.2 Å². The molecule has 6 heteroatoms. The molecule has 0 fully saturated rings. The molecule has 0 saturated heterocycles. The smallest absolute Gasteiger partial charge is 0.129 e. The molecule has 2 aromatic rings. The van der Waals surface area contributed by atoms with E-state index in [1.165, 1.54) is 6.07 Å². The summed E-state index contributed by atoms with van der Waals surface area (Å²) in [4.78, 5) is 0. The Kier molecular flexibility index (Phi) is 8.15. The predicted octanol–water partition coefficient (Wildman–Crippen LogP) is 3.12. The molecular weight excluding hydrogens is 343 g/mol. The molecule has 2 aromatic carbocycles. The average Bonchev–Trinajstić information content (AvgIpc) is 2.58. The molecule has 136 valence electrons. The van der Waals surface area contributed by atoms with Gasteiger partial charge in [0, 0.05) is 42.3 Å². The summed E-state index contributed by atoms with van der Waals surface area (Å²) in [5, 5.41) is 16.2. The summed E-state index contributed by atoms with van der Waals surface area (Å²) in [7, 11) is 0. The lowest BCUT2D eigenvalue weighted by atomic mass is 10.2. The largest absolute Gasteiger partial charge is 0.488 e. The minimum absolute atomic E-state index is 0.164. The zero-order valence-corrected chi connectivity index (χ0v) is 15.0. The van der Waals surface area contributed by atoms with Crippen LogP contribution in [0.4, 0.5) is 4.39 Å². The molecule has 0 bridgehead atoms. The highest BCUT2D eigenvalue weighted by molar-refractivity contribution is 6.30. The van der Waals surface area contributed by atoms with Crippen LogP contribution in [0.3, 0.4) is 0 Å². The first-order chi connectivity index (χ1) is 12.1. The maximum absolute atomic E-state index is 13.7. The summed E-state index contributed by atoms with van der Waals surface area (Å²) in [5.41, 5.74) is 1.43. The van der Waals surface area contributed by atoms with Gasteiger partial charge in [0.2, 0.25) is 0 Å². The lowest BCUT2D eigenvalue weighted by Crippen LogP contribution is -2.31. The molecule has 4 nitrogen and oxygen atoms in total. The van der Waals surface area contributed by atoms with Gasteiger partial charge >= 0.3 is 0 Å². The lowest BCUT2D eigenvalue weighted by Gasteiger charge is -2.14. The van der Waals surface area contributed by atoms with E-state index in [1.54, 1.807) is 37.3 Å². The van der Waals surface area contributed by atoms with Crippen molar-refractivity contribution >= 4 is 11.6 Å². The highest BCUT2D eigenvalue weighted by Crippen LogP contribution is 2.24. The van der Waals surface area contributed by atoms with E-state index in [9.17, 15) is 9.50 Å². The van der Waals surface area contributed by atoms with E-state index in [1.807, 2.05) is 6.07 Å². The summed E-state index contributed by atoms with van der Waals surface area (Å²) in [6.45, 7) is 4.55. The van der Waals surface area contributed by atoms with Gasteiger partial charge in [0.25, 0.3) is 0 Å². The minimum Gasteiger partial charge on any atom is -0.488 e. The van der Waals surface area contributed by atoms with Crippen LogP contribution in [0.15, 0.2) is 42.5 Å². The number of benzene rings is 2. The summed E-state index contributed by atoms with van der Waals surface area (Å²) in [5.74, 6) is 0.400. The van der Waals surface area contributed by atoms with Crippen molar-refractivity contribution in [2.45, 2.75) is 26.2 Å². The van der Waals surface area contributed by atoms with Gasteiger partial charge in [-0.25, -0.2) is 4.39 Å². The highest BCUT2D eigenvalue weighted by Gasteiger charge is 2.07. The molecule has 0 unspecified atom stereocenters. The van der Waals surface area contributed by atoms with Crippen molar-refractivity contribution in [3.8, 4) is 5.75 Å². The van der Waals surface area contributed by atoms with Gasteiger partial charge in [-0.3, -0.25) is 0 Å². The van der Waals surface area contributed by atoms with Crippen molar-refractivity contribution in [2.24, 2.45) is 0 Å². The molecule has 3 N–H and O–H groups in total. The standard InChI is InChI=1S/C19H24ClFN2O2/c1-14(24)11-22-8-9-23-12-16-10-17(20)6-7-19(16)25-13-15-4-2-3-5-18(15)21/h2-7,10,14,22-24H,8-9,11-13H2,1H3/t14-/m0/s1. The molecule has 0 aliphatic rings. The number of rotatable bonds is 10. The van der Waals surface area contributed by atoms with Crippen LogP contribution in [0.25, 0.3) is 0 Å². The molecule has 0 spiro atoms. The van der Waals surface area contributed by atoms with E-state index in [-0.39, 0.29) is 18.5 Å². The predicted molar refractivity (Wildman–Crippen MR) is 98.4 cm³/mol. The van der Waals surface area contributed by atoms with Crippen LogP contribution in [0.1, 0.15) is 18.1 Å². The van der Waals surface area contributed by atoms with Gasteiger partial charge in [-0.1, -0.05) is 29.8 Å². The van der Waals surface area contributed by atoms with Gasteiger partial charge in [0.15, 0.2) is 0 Å². The molecule has 0 aliphatic carbocycles. The number of ether oxygens (including phenoxy) is 1. The Morgan fingerprint density at radius 3 is 2.64 bits per heavy atom. The Morgan fingerprint density at radius 1 is 1.12 bits per heavy atom. The van der Waals surface area contributed by atoms with E-state index < -0.39 is 0 Å². The van der Waals surface area contributed by atoms with Gasteiger partial charge in [-0.15, -0.1) is 0 Å². The summed E-state index contributed by atoms with van der Waals surface area (Å²) in [6, 6.07) is 12.0. The van der Waals surface area contributed by atoms with Crippen molar-refractivity contribution in [3.05, 3.63) is 64.4 Å². The van der Waals surface area contributed by atoms with E-state index >= 15 is 0 Å². The van der Waals surface area contributed by atoms with Crippen molar-refractivity contribution in [2.75, 3.05) is 19.6 Å². The monoisotopic (exact) mass is 366 g/mol. The SMILES string of the molecule is C[C@H](O)CNCCNCc1cc(Cl)ccc1OCc1ccccc1F. The fraction of sp³-hybridized carbons (Fsp3) is 0.368. The third kappa shape index (κ3) is 7.00. The van der Waals surface area contributed by atoms with E-state index in [0.717, 1.165) is 18.7 Å². The Labute approximate surface area is 153 Å². The number of aliphatic hydroxyl groups excluding tert-OH is 1. The molecule has 0 aliphatic heterocycles. The molecule has 25 heavy (non-hydrogen) atoms. The molecule has 2 rings (SSSR count). The summed E-state index contributed by atoms with van der Waals surface area (Å²) < 4.78 is 19.5. The molecule has 1 atom stereocenters. The normalized spacial score (nSPS) is 12.2. The zero-order chi connectivity index (χ0) is 18.1. The van der Waals surface area contributed by atoms with Gasteiger partial charge in [-0.2, -0.15) is 0 Å². The van der Waals surface area contributed by atoms with E-state index in [4.69, 9.17) is 16.3 Å². The Morgan fingerprint density at radius 2 is 1.88 bits per heavy atom. The van der Waals surface area contributed by atoms with Gasteiger partial charge in [0.1, 0.15) is 18.2 Å². The fourth-order valence-electron chi connectivity index (χ4n) is 2.31. The van der Waals surface area contributed by atoms with Gasteiger partial charge in [-0.05, 0) is 31.2 Å². The maximum atomic E-state index is 13.7. The molecular formula is C19H24ClFN2O2. The van der Waals surface area contributed by atoms with Crippen LogP contribution >= 0.6 is 11.6 Å². The number of nitrogens with one attached hydrogen (secondary N) is 2. The van der Waals surface area contributed by atoms with Crippen LogP contribution in [0.2, 0.25) is 5.02 Å². The fourth-order valence-corrected chi connectivity index (χ4v) is 2.50. The first-order valence-electron chi connectivity index (χ1n) is 8.30. The number of halogens is 2. The number of hydrogen-bond donors (Lipinski definition) is 3. The first kappa shape index (κ1) is 19.7. The molecule has 0 radical (unpaired) electrons. The molecule has 0 heterocycles. The van der Waals surface area contributed by atoms with Gasteiger partial charge in [0.05, 0.1) is 6.10 Å². The third-order valence-corrected chi connectivity index (χ3v) is 3.83. The minimum atomic E-state index is -0.355. The van der Waals surface area contributed by atoms with Crippen molar-refractivity contribution in [3.63, 3.8) is 0 Å². The second-order valence-electron chi connectivity index (χ2n) is 5.86. The van der Waals surface area contributed by atoms with Gasteiger partial charge < -0.3 is 20.5 Å². The number of aliphatic hydroxyl groups is 1. The molecule has 0 aromatic heterocycles. The molecule has 0 amide bonds. The second-order valence-corrected chi connectivity index (χ2v) is 6.30. The summed E-state index contributed by atoms with van der Waals surface area (Å²) >= 11 is 6.07. The Hall–Kier alpha value is -1.66. The van der Waals surface area contributed by atoms with Crippen LogP contribution in [0, 0.1) is 5.82 Å². The van der Waals surface area contributed by atoms with Crippen molar-refractivity contribution < 1.29 is 14.2 Å². The molecule has 0 saturated carbocycles. The third-order valence-electron chi connectivity index (χ3n) is 3.60. The first-order valence-corrected chi connectivity index (χ1v) is 8.68. The van der Waals surface area contributed by atoms with Crippen LogP contribution in [0.5, 0.6) is 5.75 Å². The van der Waals surface area contributed by atoms with Crippen LogP contribution < -0.4 is 15.4 Å². The number of hydrogen-bond acceptors (Lipinski definition) is 4. The highest BCUT2D eigenvalue weighted by atomic mass is 35.5. The maximum Gasteiger partial charge on any atom is 0.129 e. The Balaban J connectivity index is 1.87. The van der Waals surface area contributed by atoms with Crippen LogP contribution in [-0.4, -0.2) is 30.8 Å². The topological polar surface area (TPSA) is 53.5 Å². The average molecular weight is 367 g/mol. The van der Waals surface area contributed by atoms with E-state index in [2.05, 4.69) is 10.6 Å². The quantitative estimate of drug-likeness (QED) is 0.565. The summed E-state index contributed by atoms with van der Waals surface area (Å²) in [6.07, 6.45) is -0.355. The second kappa shape index (κ2) is 10.4. The zero-order valence-electron chi connectivity index (χ0n) is 14.3. The lowest BCUT2D eigenvalue weighted by molar-refractivity contribution is 0.191. The van der Waals surface area contributed by atoms with Crippen molar-refractivity contribution in [1.82, 2.24) is 10.6 Å².